The predicted octanol–water partition coefficient (Wildman–Crippen LogP) is 2.20. The second-order valence-electron chi connectivity index (χ2n) is 8.09. The quantitative estimate of drug-likeness (QED) is 0.201. The van der Waals surface area contributed by atoms with Crippen LogP contribution in [-0.4, -0.2) is 48.8 Å². The summed E-state index contributed by atoms with van der Waals surface area (Å²) in [6.07, 6.45) is 14.7. The summed E-state index contributed by atoms with van der Waals surface area (Å²) in [6.45, 7) is 2.07. The van der Waals surface area contributed by atoms with Gasteiger partial charge in [-0.2, -0.15) is 0 Å². The van der Waals surface area contributed by atoms with E-state index in [1.54, 1.807) is 85.9 Å². The van der Waals surface area contributed by atoms with Gasteiger partial charge >= 0.3 is 5.97 Å². The molecule has 0 unspecified atom stereocenters. The van der Waals surface area contributed by atoms with Crippen molar-refractivity contribution < 1.29 is 23.9 Å². The Hall–Kier alpha value is -4.27. The molecule has 3 rings (SSSR count). The fourth-order valence-corrected chi connectivity index (χ4v) is 3.53. The van der Waals surface area contributed by atoms with Gasteiger partial charge in [0.05, 0.1) is 18.4 Å². The number of rotatable bonds is 10. The van der Waals surface area contributed by atoms with Crippen molar-refractivity contribution in [3.8, 4) is 0 Å². The van der Waals surface area contributed by atoms with Crippen molar-refractivity contribution in [2.45, 2.75) is 25.8 Å². The number of esters is 1. The number of benzene rings is 1. The van der Waals surface area contributed by atoms with Crippen LogP contribution in [0.3, 0.4) is 0 Å². The number of carbonyl (C=O) groups excluding carboxylic acids is 4. The van der Waals surface area contributed by atoms with Gasteiger partial charge < -0.3 is 10.1 Å². The predicted molar refractivity (Wildman–Crippen MR) is 136 cm³/mol. The molecular formula is C27H30N4O5. The molecule has 0 heterocycles. The molecule has 0 aromatic heterocycles. The van der Waals surface area contributed by atoms with Crippen LogP contribution in [0.1, 0.15) is 30.1 Å². The Morgan fingerprint density at radius 2 is 1.44 bits per heavy atom. The van der Waals surface area contributed by atoms with Crippen molar-refractivity contribution in [1.82, 2.24) is 16.0 Å². The van der Waals surface area contributed by atoms with E-state index >= 15 is 0 Å². The number of nitrogens with one attached hydrogen (secondary N) is 3. The van der Waals surface area contributed by atoms with Crippen molar-refractivity contribution in [1.29, 1.82) is 0 Å². The number of ether oxygens (including phenoxy) is 1. The Bertz CT molecular complexity index is 1040. The smallest absolute Gasteiger partial charge is 0.328 e. The van der Waals surface area contributed by atoms with Gasteiger partial charge in [-0.05, 0) is 31.9 Å². The SMILES string of the molecule is CCOC(=O)[C@H](CCCN=C(NC(=O)C1C=CC=C1)NC(=O)C1C=CC=C1)NC(=O)c1ccccc1. The Morgan fingerprint density at radius 3 is 1.97 bits per heavy atom. The maximum Gasteiger partial charge on any atom is 0.328 e. The van der Waals surface area contributed by atoms with Crippen molar-refractivity contribution in [3.05, 3.63) is 84.5 Å². The highest BCUT2D eigenvalue weighted by Gasteiger charge is 2.23. The molecule has 0 saturated heterocycles. The molecule has 2 aliphatic rings. The van der Waals surface area contributed by atoms with Gasteiger partial charge in [0.15, 0.2) is 0 Å². The largest absolute Gasteiger partial charge is 0.464 e. The van der Waals surface area contributed by atoms with E-state index in [2.05, 4.69) is 20.9 Å². The van der Waals surface area contributed by atoms with Crippen LogP contribution in [0.4, 0.5) is 0 Å². The first-order valence-corrected chi connectivity index (χ1v) is 11.9. The minimum atomic E-state index is -0.858. The Kier molecular flexibility index (Phi) is 9.93. The van der Waals surface area contributed by atoms with Crippen LogP contribution in [0.2, 0.25) is 0 Å². The van der Waals surface area contributed by atoms with Crippen LogP contribution >= 0.6 is 0 Å². The van der Waals surface area contributed by atoms with E-state index in [4.69, 9.17) is 4.74 Å². The average Bonchev–Trinajstić information content (AvgIpc) is 3.61. The highest BCUT2D eigenvalue weighted by molar-refractivity contribution is 6.07. The van der Waals surface area contributed by atoms with Gasteiger partial charge in [-0.25, -0.2) is 4.79 Å². The minimum absolute atomic E-state index is 0.0356. The van der Waals surface area contributed by atoms with E-state index in [-0.39, 0.29) is 43.3 Å². The van der Waals surface area contributed by atoms with Crippen LogP contribution in [0, 0.1) is 11.8 Å². The zero-order chi connectivity index (χ0) is 25.8. The molecule has 9 heteroatoms. The monoisotopic (exact) mass is 490 g/mol. The lowest BCUT2D eigenvalue weighted by molar-refractivity contribution is -0.145. The van der Waals surface area contributed by atoms with Gasteiger partial charge in [0, 0.05) is 12.1 Å². The van der Waals surface area contributed by atoms with Gasteiger partial charge in [0.25, 0.3) is 5.91 Å². The first kappa shape index (κ1) is 26.3. The second kappa shape index (κ2) is 13.6. The molecule has 9 nitrogen and oxygen atoms in total. The summed E-state index contributed by atoms with van der Waals surface area (Å²) in [7, 11) is 0. The summed E-state index contributed by atoms with van der Waals surface area (Å²) in [5.41, 5.74) is 0.433. The number of guanidine groups is 1. The number of hydrogen-bond donors (Lipinski definition) is 3. The highest BCUT2D eigenvalue weighted by atomic mass is 16.5. The summed E-state index contributed by atoms with van der Waals surface area (Å²) >= 11 is 0. The molecule has 0 spiro atoms. The minimum Gasteiger partial charge on any atom is -0.464 e. The number of nitrogens with zero attached hydrogens (tertiary/aromatic N) is 1. The molecule has 36 heavy (non-hydrogen) atoms. The molecule has 1 atom stereocenters. The lowest BCUT2D eigenvalue weighted by atomic mass is 10.1. The van der Waals surface area contributed by atoms with Gasteiger partial charge in [-0.3, -0.25) is 30.0 Å². The van der Waals surface area contributed by atoms with Crippen LogP contribution in [0.25, 0.3) is 0 Å². The molecule has 2 aliphatic carbocycles. The maximum absolute atomic E-state index is 12.5. The van der Waals surface area contributed by atoms with E-state index in [1.807, 2.05) is 0 Å². The topological polar surface area (TPSA) is 126 Å². The molecule has 1 aromatic carbocycles. The van der Waals surface area contributed by atoms with Crippen molar-refractivity contribution in [3.63, 3.8) is 0 Å². The number of amides is 3. The normalized spacial score (nSPS) is 14.9. The standard InChI is InChI=1S/C27H30N4O5/c1-2-36-26(35)22(29-23(32)19-11-4-3-5-12-19)17-10-18-28-27(30-24(33)20-13-6-7-14-20)31-25(34)21-15-8-9-16-21/h3-9,11-16,20-22H,2,10,17-18H2,1H3,(H,29,32)(H2,28,30,31,33,34)/t22-/m0/s1. The van der Waals surface area contributed by atoms with E-state index in [0.29, 0.717) is 12.0 Å². The molecule has 0 radical (unpaired) electrons. The van der Waals surface area contributed by atoms with Gasteiger partial charge in [0.2, 0.25) is 17.8 Å². The Balaban J connectivity index is 1.62. The number of hydrogen-bond acceptors (Lipinski definition) is 6. The van der Waals surface area contributed by atoms with E-state index in [9.17, 15) is 19.2 Å². The maximum atomic E-state index is 12.5. The third-order valence-electron chi connectivity index (χ3n) is 5.42. The third kappa shape index (κ3) is 7.90. The van der Waals surface area contributed by atoms with Gasteiger partial charge in [0.1, 0.15) is 6.04 Å². The summed E-state index contributed by atoms with van der Waals surface area (Å²) < 4.78 is 5.11. The van der Waals surface area contributed by atoms with Crippen LogP contribution < -0.4 is 16.0 Å². The van der Waals surface area contributed by atoms with Gasteiger partial charge in [-0.1, -0.05) is 66.8 Å². The van der Waals surface area contributed by atoms with Crippen molar-refractivity contribution >= 4 is 29.7 Å². The fraction of sp³-hybridized carbons (Fsp3) is 0.296. The van der Waals surface area contributed by atoms with Gasteiger partial charge in [-0.15, -0.1) is 0 Å². The molecule has 0 aliphatic heterocycles. The summed E-state index contributed by atoms with van der Waals surface area (Å²) in [5, 5.41) is 8.04. The van der Waals surface area contributed by atoms with Crippen molar-refractivity contribution in [2.24, 2.45) is 16.8 Å². The van der Waals surface area contributed by atoms with Crippen LogP contribution in [0.15, 0.2) is 83.9 Å². The highest BCUT2D eigenvalue weighted by Crippen LogP contribution is 2.10. The lowest BCUT2D eigenvalue weighted by Crippen LogP contribution is -2.47. The van der Waals surface area contributed by atoms with E-state index in [1.165, 1.54) is 0 Å². The first-order chi connectivity index (χ1) is 17.5. The lowest BCUT2D eigenvalue weighted by Gasteiger charge is -2.17. The number of carbonyl (C=O) groups is 4. The first-order valence-electron chi connectivity index (χ1n) is 11.9. The Morgan fingerprint density at radius 1 is 0.889 bits per heavy atom. The second-order valence-corrected chi connectivity index (χ2v) is 8.09. The number of aliphatic imine (C=N–C) groups is 1. The fourth-order valence-electron chi connectivity index (χ4n) is 3.53. The molecule has 3 N–H and O–H groups in total. The van der Waals surface area contributed by atoms with Crippen molar-refractivity contribution in [2.75, 3.05) is 13.2 Å². The summed E-state index contributed by atoms with van der Waals surface area (Å²) in [6, 6.07) is 7.73. The molecule has 1 aromatic rings. The molecule has 0 bridgehead atoms. The molecule has 0 saturated carbocycles. The zero-order valence-electron chi connectivity index (χ0n) is 20.1. The third-order valence-corrected chi connectivity index (χ3v) is 5.42. The zero-order valence-corrected chi connectivity index (χ0v) is 20.1. The average molecular weight is 491 g/mol. The molecular weight excluding hydrogens is 460 g/mol. The molecule has 3 amide bonds. The Labute approximate surface area is 210 Å². The van der Waals surface area contributed by atoms with Crippen LogP contribution in [0.5, 0.6) is 0 Å². The summed E-state index contributed by atoms with van der Waals surface area (Å²) in [5.74, 6) is -2.42. The molecule has 188 valence electrons. The number of allylic oxidation sites excluding steroid dienone is 4. The van der Waals surface area contributed by atoms with Crippen LogP contribution in [-0.2, 0) is 19.1 Å². The molecule has 0 fully saturated rings. The van der Waals surface area contributed by atoms with E-state index in [0.717, 1.165) is 0 Å². The summed E-state index contributed by atoms with van der Waals surface area (Å²) in [4.78, 5) is 54.4. The van der Waals surface area contributed by atoms with E-state index < -0.39 is 23.8 Å².